The molecule has 5 nitrogen and oxygen atoms in total. The fourth-order valence-corrected chi connectivity index (χ4v) is 3.47. The van der Waals surface area contributed by atoms with E-state index in [0.29, 0.717) is 6.07 Å². The predicted octanol–water partition coefficient (Wildman–Crippen LogP) is 4.39. The number of ether oxygens (including phenoxy) is 1. The molecule has 2 amide bonds. The zero-order chi connectivity index (χ0) is 21.0. The number of amides is 2. The first kappa shape index (κ1) is 20.3. The average molecular weight is 406 g/mol. The summed E-state index contributed by atoms with van der Waals surface area (Å²) in [6, 6.07) is 0.325. The highest BCUT2D eigenvalue weighted by molar-refractivity contribution is 6.01. The molecule has 0 radical (unpaired) electrons. The largest absolute Gasteiger partial charge is 0.444 e. The van der Waals surface area contributed by atoms with Crippen LogP contribution in [0.2, 0.25) is 0 Å². The van der Waals surface area contributed by atoms with E-state index in [-0.39, 0.29) is 25.2 Å². The number of hydrogen-bond acceptors (Lipinski definition) is 3. The van der Waals surface area contributed by atoms with E-state index >= 15 is 0 Å². The molecule has 1 atom stereocenters. The minimum Gasteiger partial charge on any atom is -0.444 e. The van der Waals surface area contributed by atoms with Crippen molar-refractivity contribution >= 4 is 12.0 Å². The Hall–Kier alpha value is -2.39. The van der Waals surface area contributed by atoms with Crippen molar-refractivity contribution in [2.24, 2.45) is 0 Å². The number of fused-ring (bicyclic) bond motifs is 3. The van der Waals surface area contributed by atoms with Gasteiger partial charge in [0.05, 0.1) is 17.2 Å². The second-order valence-electron chi connectivity index (χ2n) is 7.77. The Morgan fingerprint density at radius 1 is 1.18 bits per heavy atom. The normalized spacial score (nSPS) is 19.8. The van der Waals surface area contributed by atoms with Crippen LogP contribution in [-0.4, -0.2) is 47.0 Å². The summed E-state index contributed by atoms with van der Waals surface area (Å²) in [5.74, 6) is -0.864. The van der Waals surface area contributed by atoms with Crippen LogP contribution >= 0.6 is 0 Å². The molecule has 0 aromatic heterocycles. The number of benzene rings is 1. The van der Waals surface area contributed by atoms with Crippen LogP contribution in [0.4, 0.5) is 26.7 Å². The number of halogens is 5. The Morgan fingerprint density at radius 2 is 1.82 bits per heavy atom. The van der Waals surface area contributed by atoms with Gasteiger partial charge in [-0.2, -0.15) is 13.2 Å². The van der Waals surface area contributed by atoms with Crippen LogP contribution in [0.3, 0.4) is 0 Å². The predicted molar refractivity (Wildman–Crippen MR) is 88.0 cm³/mol. The van der Waals surface area contributed by atoms with E-state index in [1.165, 1.54) is 9.80 Å². The van der Waals surface area contributed by atoms with Crippen LogP contribution in [0.25, 0.3) is 0 Å². The molecule has 154 valence electrons. The van der Waals surface area contributed by atoms with Crippen LogP contribution in [0.15, 0.2) is 12.1 Å². The molecule has 2 aliphatic rings. The van der Waals surface area contributed by atoms with Gasteiger partial charge in [-0.05, 0) is 38.5 Å². The van der Waals surface area contributed by atoms with Crippen molar-refractivity contribution in [1.29, 1.82) is 0 Å². The lowest BCUT2D eigenvalue weighted by Crippen LogP contribution is -2.50. The van der Waals surface area contributed by atoms with Crippen molar-refractivity contribution in [3.63, 3.8) is 0 Å². The number of carbonyl (C=O) groups is 2. The summed E-state index contributed by atoms with van der Waals surface area (Å²) < 4.78 is 71.9. The Balaban J connectivity index is 2.01. The molecule has 1 aromatic rings. The Morgan fingerprint density at radius 3 is 2.36 bits per heavy atom. The van der Waals surface area contributed by atoms with E-state index in [9.17, 15) is 31.5 Å². The lowest BCUT2D eigenvalue weighted by Gasteiger charge is -2.38. The van der Waals surface area contributed by atoms with E-state index < -0.39 is 52.9 Å². The molecule has 3 rings (SSSR count). The number of piperazine rings is 1. The molecule has 0 bridgehead atoms. The third-order valence-electron chi connectivity index (χ3n) is 4.61. The molecule has 28 heavy (non-hydrogen) atoms. The fourth-order valence-electron chi connectivity index (χ4n) is 3.47. The lowest BCUT2D eigenvalue weighted by atomic mass is 9.95. The topological polar surface area (TPSA) is 49.9 Å². The Kier molecular flexibility index (Phi) is 4.79. The first-order chi connectivity index (χ1) is 12.8. The summed E-state index contributed by atoms with van der Waals surface area (Å²) in [4.78, 5) is 27.4. The van der Waals surface area contributed by atoms with Gasteiger partial charge in [-0.15, -0.1) is 0 Å². The van der Waals surface area contributed by atoms with E-state index in [1.807, 2.05) is 0 Å². The molecular formula is C18H19F5N2O3. The first-order valence-corrected chi connectivity index (χ1v) is 8.61. The van der Waals surface area contributed by atoms with E-state index in [0.717, 1.165) is 6.07 Å². The van der Waals surface area contributed by atoms with Crippen LogP contribution in [0.1, 0.15) is 60.3 Å². The molecule has 0 N–H and O–H groups in total. The Bertz CT molecular complexity index is 817. The minimum atomic E-state index is -4.95. The van der Waals surface area contributed by atoms with Crippen molar-refractivity contribution in [3.05, 3.63) is 34.4 Å². The molecular weight excluding hydrogens is 387 g/mol. The zero-order valence-electron chi connectivity index (χ0n) is 15.4. The second-order valence-corrected chi connectivity index (χ2v) is 7.77. The molecule has 0 aliphatic carbocycles. The molecule has 2 heterocycles. The van der Waals surface area contributed by atoms with Gasteiger partial charge in [-0.1, -0.05) is 0 Å². The Labute approximate surface area is 158 Å². The fraction of sp³-hybridized carbons (Fsp3) is 0.556. The van der Waals surface area contributed by atoms with Gasteiger partial charge < -0.3 is 14.5 Å². The van der Waals surface area contributed by atoms with E-state index in [2.05, 4.69) is 0 Å². The summed E-state index contributed by atoms with van der Waals surface area (Å²) in [7, 11) is 0. The lowest BCUT2D eigenvalue weighted by molar-refractivity contribution is -0.138. The molecule has 1 unspecified atom stereocenters. The highest BCUT2D eigenvalue weighted by atomic mass is 19.4. The highest BCUT2D eigenvalue weighted by Crippen LogP contribution is 2.44. The van der Waals surface area contributed by atoms with Crippen LogP contribution in [0.5, 0.6) is 0 Å². The maximum atomic E-state index is 13.4. The molecule has 0 spiro atoms. The van der Waals surface area contributed by atoms with Gasteiger partial charge in [0.2, 0.25) is 0 Å². The SMILES string of the molecule is CC(C)(C)OC(=O)N1CCN2C(=O)c3c(cc(C(F)F)cc3C(F)(F)F)C2C1. The summed E-state index contributed by atoms with van der Waals surface area (Å²) in [6.45, 7) is 4.94. The van der Waals surface area contributed by atoms with Gasteiger partial charge in [0.25, 0.3) is 12.3 Å². The number of alkyl halides is 5. The standard InChI is InChI=1S/C18H19F5N2O3/c1-17(2,3)28-16(27)24-4-5-25-12(8-24)10-6-9(14(19)20)7-11(18(21,22)23)13(10)15(25)26/h6-7,12,14H,4-5,8H2,1-3H3. The molecule has 1 aromatic carbocycles. The van der Waals surface area contributed by atoms with Crippen molar-refractivity contribution in [1.82, 2.24) is 9.80 Å². The summed E-state index contributed by atoms with van der Waals surface area (Å²) in [5, 5.41) is 0. The molecule has 1 fully saturated rings. The quantitative estimate of drug-likeness (QED) is 0.650. The van der Waals surface area contributed by atoms with Gasteiger partial charge in [0, 0.05) is 25.2 Å². The van der Waals surface area contributed by atoms with Gasteiger partial charge in [0.1, 0.15) is 5.60 Å². The maximum absolute atomic E-state index is 13.4. The van der Waals surface area contributed by atoms with E-state index in [1.54, 1.807) is 20.8 Å². The van der Waals surface area contributed by atoms with Crippen molar-refractivity contribution < 1.29 is 36.3 Å². The first-order valence-electron chi connectivity index (χ1n) is 8.61. The molecule has 0 saturated carbocycles. The average Bonchev–Trinajstić information content (AvgIpc) is 2.84. The third-order valence-corrected chi connectivity index (χ3v) is 4.61. The number of nitrogens with zero attached hydrogens (tertiary/aromatic N) is 2. The highest BCUT2D eigenvalue weighted by Gasteiger charge is 2.48. The van der Waals surface area contributed by atoms with Crippen LogP contribution in [-0.2, 0) is 10.9 Å². The van der Waals surface area contributed by atoms with Crippen molar-refractivity contribution in [2.75, 3.05) is 19.6 Å². The second kappa shape index (κ2) is 6.59. The molecule has 10 heteroatoms. The van der Waals surface area contributed by atoms with Crippen molar-refractivity contribution in [3.8, 4) is 0 Å². The van der Waals surface area contributed by atoms with Gasteiger partial charge >= 0.3 is 12.3 Å². The van der Waals surface area contributed by atoms with Crippen LogP contribution in [0, 0.1) is 0 Å². The number of rotatable bonds is 1. The monoisotopic (exact) mass is 406 g/mol. The zero-order valence-corrected chi connectivity index (χ0v) is 15.4. The number of carbonyl (C=O) groups excluding carboxylic acids is 2. The maximum Gasteiger partial charge on any atom is 0.417 e. The third kappa shape index (κ3) is 3.64. The van der Waals surface area contributed by atoms with Crippen LogP contribution < -0.4 is 0 Å². The summed E-state index contributed by atoms with van der Waals surface area (Å²) in [5.41, 5.74) is -3.71. The number of hydrogen-bond donors (Lipinski definition) is 0. The molecule has 1 saturated heterocycles. The van der Waals surface area contributed by atoms with Gasteiger partial charge in [0.15, 0.2) is 0 Å². The smallest absolute Gasteiger partial charge is 0.417 e. The molecule has 2 aliphatic heterocycles. The van der Waals surface area contributed by atoms with Gasteiger partial charge in [-0.3, -0.25) is 4.79 Å². The van der Waals surface area contributed by atoms with Crippen molar-refractivity contribution in [2.45, 2.75) is 45.0 Å². The van der Waals surface area contributed by atoms with Gasteiger partial charge in [-0.25, -0.2) is 13.6 Å². The van der Waals surface area contributed by atoms with E-state index in [4.69, 9.17) is 4.74 Å². The summed E-state index contributed by atoms with van der Waals surface area (Å²) >= 11 is 0. The minimum absolute atomic E-state index is 0.0151. The summed E-state index contributed by atoms with van der Waals surface area (Å²) in [6.07, 6.45) is -8.75.